The number of carboxylic acids is 1. The molecule has 0 radical (unpaired) electrons. The van der Waals surface area contributed by atoms with E-state index in [1.54, 1.807) is 13.8 Å². The van der Waals surface area contributed by atoms with Gasteiger partial charge in [-0.25, -0.2) is 4.68 Å². The normalized spacial score (nSPS) is 10.3. The fourth-order valence-corrected chi connectivity index (χ4v) is 0.842. The van der Waals surface area contributed by atoms with Gasteiger partial charge in [-0.05, 0) is 0 Å². The number of hydrogen-bond acceptors (Lipinski definition) is 4. The Bertz CT molecular complexity index is 372. The van der Waals surface area contributed by atoms with Crippen LogP contribution in [-0.4, -0.2) is 32.0 Å². The van der Waals surface area contributed by atoms with Crippen LogP contribution >= 0.6 is 0 Å². The minimum Gasteiger partial charge on any atom is -0.480 e. The van der Waals surface area contributed by atoms with Gasteiger partial charge < -0.3 is 10.4 Å². The number of hydrogen-bond donors (Lipinski definition) is 2. The van der Waals surface area contributed by atoms with Gasteiger partial charge in [0.1, 0.15) is 6.54 Å². The topological polar surface area (TPSA) is 97.1 Å². The van der Waals surface area contributed by atoms with E-state index in [0.29, 0.717) is 0 Å². The number of carbonyl (C=O) groups is 2. The molecule has 0 unspecified atom stereocenters. The third-order valence-electron chi connectivity index (χ3n) is 1.61. The van der Waals surface area contributed by atoms with E-state index in [9.17, 15) is 9.59 Å². The van der Waals surface area contributed by atoms with Crippen molar-refractivity contribution in [1.82, 2.24) is 15.0 Å². The number of carboxylic acid groups (broad SMARTS) is 1. The molecule has 0 spiro atoms. The Hall–Kier alpha value is -1.92. The molecule has 0 aliphatic heterocycles. The molecule has 1 heterocycles. The third kappa shape index (κ3) is 3.37. The molecule has 82 valence electrons. The maximum Gasteiger partial charge on any atom is 0.325 e. The standard InChI is InChI=1S/C8H12N4O3/c1-5(2)8(15)9-6-3-12(11-10-6)4-7(13)14/h3,5H,4H2,1-2H3,(H,9,15)(H,13,14). The zero-order valence-electron chi connectivity index (χ0n) is 8.47. The number of nitrogens with one attached hydrogen (secondary N) is 1. The van der Waals surface area contributed by atoms with E-state index >= 15 is 0 Å². The number of rotatable bonds is 4. The lowest BCUT2D eigenvalue weighted by Crippen LogP contribution is -2.17. The van der Waals surface area contributed by atoms with Gasteiger partial charge in [0.25, 0.3) is 0 Å². The molecule has 0 aliphatic carbocycles. The lowest BCUT2D eigenvalue weighted by molar-refractivity contribution is -0.137. The maximum absolute atomic E-state index is 11.2. The smallest absolute Gasteiger partial charge is 0.325 e. The summed E-state index contributed by atoms with van der Waals surface area (Å²) >= 11 is 0. The Labute approximate surface area is 86.1 Å². The SMILES string of the molecule is CC(C)C(=O)Nc1cn(CC(=O)O)nn1. The third-order valence-corrected chi connectivity index (χ3v) is 1.61. The van der Waals surface area contributed by atoms with Crippen LogP contribution in [0.25, 0.3) is 0 Å². The molecule has 0 aliphatic rings. The Morgan fingerprint density at radius 3 is 2.80 bits per heavy atom. The summed E-state index contributed by atoms with van der Waals surface area (Å²) in [6.07, 6.45) is 1.37. The van der Waals surface area contributed by atoms with Crippen LogP contribution in [0.15, 0.2) is 6.20 Å². The first-order valence-electron chi connectivity index (χ1n) is 4.42. The fraction of sp³-hybridized carbons (Fsp3) is 0.500. The predicted octanol–water partition coefficient (Wildman–Crippen LogP) is -0.0428. The summed E-state index contributed by atoms with van der Waals surface area (Å²) in [5.41, 5.74) is 0. The Morgan fingerprint density at radius 1 is 1.60 bits per heavy atom. The molecule has 0 aromatic carbocycles. The minimum absolute atomic E-state index is 0.158. The highest BCUT2D eigenvalue weighted by molar-refractivity contribution is 5.90. The number of aromatic nitrogens is 3. The Balaban J connectivity index is 2.60. The highest BCUT2D eigenvalue weighted by Crippen LogP contribution is 2.03. The van der Waals surface area contributed by atoms with Crippen LogP contribution < -0.4 is 5.32 Å². The minimum atomic E-state index is -1.01. The van der Waals surface area contributed by atoms with E-state index in [-0.39, 0.29) is 24.2 Å². The molecule has 7 heteroatoms. The summed E-state index contributed by atoms with van der Waals surface area (Å²) in [5, 5.41) is 18.1. The molecular formula is C8H12N4O3. The van der Waals surface area contributed by atoms with Gasteiger partial charge in [-0.3, -0.25) is 9.59 Å². The second-order valence-corrected chi connectivity index (χ2v) is 3.34. The van der Waals surface area contributed by atoms with E-state index < -0.39 is 5.97 Å². The van der Waals surface area contributed by atoms with Crippen molar-refractivity contribution in [2.45, 2.75) is 20.4 Å². The monoisotopic (exact) mass is 212 g/mol. The average Bonchev–Trinajstić information content (AvgIpc) is 2.51. The van der Waals surface area contributed by atoms with Crippen molar-refractivity contribution < 1.29 is 14.7 Å². The molecule has 7 nitrogen and oxygen atoms in total. The highest BCUT2D eigenvalue weighted by atomic mass is 16.4. The average molecular weight is 212 g/mol. The first-order chi connectivity index (χ1) is 6.99. The van der Waals surface area contributed by atoms with E-state index in [0.717, 1.165) is 4.68 Å². The summed E-state index contributed by atoms with van der Waals surface area (Å²) < 4.78 is 1.14. The molecular weight excluding hydrogens is 200 g/mol. The van der Waals surface area contributed by atoms with Crippen LogP contribution in [0, 0.1) is 5.92 Å². The van der Waals surface area contributed by atoms with Gasteiger partial charge in [0, 0.05) is 5.92 Å². The maximum atomic E-state index is 11.2. The number of carbonyl (C=O) groups excluding carboxylic acids is 1. The molecule has 0 fully saturated rings. The van der Waals surface area contributed by atoms with Gasteiger partial charge in [-0.1, -0.05) is 19.1 Å². The molecule has 1 rings (SSSR count). The first kappa shape index (κ1) is 11.2. The van der Waals surface area contributed by atoms with Crippen molar-refractivity contribution in [2.24, 2.45) is 5.92 Å². The van der Waals surface area contributed by atoms with Crippen LogP contribution in [0.5, 0.6) is 0 Å². The first-order valence-corrected chi connectivity index (χ1v) is 4.42. The second-order valence-electron chi connectivity index (χ2n) is 3.34. The van der Waals surface area contributed by atoms with Crippen LogP contribution in [-0.2, 0) is 16.1 Å². The molecule has 0 atom stereocenters. The number of nitrogens with zero attached hydrogens (tertiary/aromatic N) is 3. The molecule has 1 aromatic heterocycles. The van der Waals surface area contributed by atoms with Crippen LogP contribution in [0.1, 0.15) is 13.8 Å². The molecule has 15 heavy (non-hydrogen) atoms. The van der Waals surface area contributed by atoms with Gasteiger partial charge >= 0.3 is 5.97 Å². The predicted molar refractivity (Wildman–Crippen MR) is 51.1 cm³/mol. The van der Waals surface area contributed by atoms with Crippen LogP contribution in [0.2, 0.25) is 0 Å². The molecule has 1 aromatic rings. The van der Waals surface area contributed by atoms with Crippen molar-refractivity contribution in [3.05, 3.63) is 6.20 Å². The van der Waals surface area contributed by atoms with Crippen molar-refractivity contribution >= 4 is 17.7 Å². The van der Waals surface area contributed by atoms with Crippen molar-refractivity contribution in [2.75, 3.05) is 5.32 Å². The lowest BCUT2D eigenvalue weighted by Gasteiger charge is -2.02. The summed E-state index contributed by atoms with van der Waals surface area (Å²) in [6, 6.07) is 0. The quantitative estimate of drug-likeness (QED) is 0.729. The highest BCUT2D eigenvalue weighted by Gasteiger charge is 2.10. The molecule has 0 saturated heterocycles. The van der Waals surface area contributed by atoms with Gasteiger partial charge in [-0.2, -0.15) is 0 Å². The molecule has 0 bridgehead atoms. The second kappa shape index (κ2) is 4.54. The van der Waals surface area contributed by atoms with Gasteiger partial charge in [0.05, 0.1) is 6.20 Å². The summed E-state index contributed by atoms with van der Waals surface area (Å²) in [7, 11) is 0. The Morgan fingerprint density at radius 2 is 2.27 bits per heavy atom. The van der Waals surface area contributed by atoms with Crippen molar-refractivity contribution in [3.63, 3.8) is 0 Å². The van der Waals surface area contributed by atoms with Crippen LogP contribution in [0.3, 0.4) is 0 Å². The van der Waals surface area contributed by atoms with E-state index in [4.69, 9.17) is 5.11 Å². The largest absolute Gasteiger partial charge is 0.480 e. The zero-order valence-corrected chi connectivity index (χ0v) is 8.47. The number of anilines is 1. The summed E-state index contributed by atoms with van der Waals surface area (Å²) in [4.78, 5) is 21.6. The van der Waals surface area contributed by atoms with Crippen molar-refractivity contribution in [3.8, 4) is 0 Å². The summed E-state index contributed by atoms with van der Waals surface area (Å²) in [6.45, 7) is 3.22. The summed E-state index contributed by atoms with van der Waals surface area (Å²) in [5.74, 6) is -1.09. The van der Waals surface area contributed by atoms with Gasteiger partial charge in [0.2, 0.25) is 5.91 Å². The van der Waals surface area contributed by atoms with E-state index in [1.807, 2.05) is 0 Å². The van der Waals surface area contributed by atoms with Crippen molar-refractivity contribution in [1.29, 1.82) is 0 Å². The molecule has 1 amide bonds. The van der Waals surface area contributed by atoms with Crippen LogP contribution in [0.4, 0.5) is 5.82 Å². The molecule has 2 N–H and O–H groups in total. The van der Waals surface area contributed by atoms with Gasteiger partial charge in [-0.15, -0.1) is 5.10 Å². The van der Waals surface area contributed by atoms with E-state index in [1.165, 1.54) is 6.20 Å². The van der Waals surface area contributed by atoms with Gasteiger partial charge in [0.15, 0.2) is 5.82 Å². The zero-order chi connectivity index (χ0) is 11.4. The fourth-order valence-electron chi connectivity index (χ4n) is 0.842. The number of amides is 1. The Kier molecular flexibility index (Phi) is 3.37. The lowest BCUT2D eigenvalue weighted by atomic mass is 10.2. The number of aliphatic carboxylic acids is 1. The molecule has 0 saturated carbocycles. The van der Waals surface area contributed by atoms with E-state index in [2.05, 4.69) is 15.6 Å².